The predicted molar refractivity (Wildman–Crippen MR) is 95.6 cm³/mol. The monoisotopic (exact) mass is 391 g/mol. The van der Waals surface area contributed by atoms with Gasteiger partial charge in [0.25, 0.3) is 5.91 Å². The molecule has 9 heteroatoms. The van der Waals surface area contributed by atoms with Crippen molar-refractivity contribution in [3.05, 3.63) is 21.4 Å². The summed E-state index contributed by atoms with van der Waals surface area (Å²) >= 11 is 12.1. The number of H-pyrrole nitrogens is 1. The summed E-state index contributed by atoms with van der Waals surface area (Å²) in [5.41, 5.74) is 0.818. The molecule has 2 heterocycles. The fourth-order valence-corrected chi connectivity index (χ4v) is 3.70. The Kier molecular flexibility index (Phi) is 6.59. The molecule has 1 fully saturated rings. The maximum absolute atomic E-state index is 12.6. The second-order valence-electron chi connectivity index (χ2n) is 5.99. The van der Waals surface area contributed by atoms with Gasteiger partial charge in [0.1, 0.15) is 5.69 Å². The highest BCUT2D eigenvalue weighted by Gasteiger charge is 2.41. The molecule has 1 saturated heterocycles. The van der Waals surface area contributed by atoms with Gasteiger partial charge in [-0.15, -0.1) is 0 Å². The molecule has 1 aromatic rings. The Balaban J connectivity index is 2.20. The first-order chi connectivity index (χ1) is 11.8. The van der Waals surface area contributed by atoms with Gasteiger partial charge in [-0.25, -0.2) is 4.79 Å². The summed E-state index contributed by atoms with van der Waals surface area (Å²) in [5, 5.41) is 12.8. The van der Waals surface area contributed by atoms with Crippen LogP contribution in [0.3, 0.4) is 0 Å². The van der Waals surface area contributed by atoms with E-state index in [0.717, 1.165) is 0 Å². The van der Waals surface area contributed by atoms with E-state index in [1.165, 1.54) is 4.90 Å². The van der Waals surface area contributed by atoms with Crippen molar-refractivity contribution in [3.8, 4) is 0 Å². The Labute approximate surface area is 156 Å². The van der Waals surface area contributed by atoms with E-state index in [-0.39, 0.29) is 28.7 Å². The second kappa shape index (κ2) is 8.29. The molecule has 140 valence electrons. The zero-order valence-electron chi connectivity index (χ0n) is 14.4. The van der Waals surface area contributed by atoms with Gasteiger partial charge in [-0.1, -0.05) is 30.1 Å². The number of nitrogens with zero attached hydrogens (tertiary/aromatic N) is 1. The van der Waals surface area contributed by atoms with Crippen LogP contribution in [0.1, 0.15) is 42.9 Å². The summed E-state index contributed by atoms with van der Waals surface area (Å²) in [5.74, 6) is -0.381. The minimum absolute atomic E-state index is 0.180. The third-order valence-electron chi connectivity index (χ3n) is 4.48. The molecule has 1 aliphatic heterocycles. The highest BCUT2D eigenvalue weighted by molar-refractivity contribution is 6.44. The molecule has 2 amide bonds. The second-order valence-corrected chi connectivity index (χ2v) is 6.75. The number of carbonyl (C=O) groups excluding carboxylic acids is 1. The summed E-state index contributed by atoms with van der Waals surface area (Å²) in [6, 6.07) is -0.632. The molecule has 2 rings (SSSR count). The fraction of sp³-hybridized carbons (Fsp3) is 0.625. The Morgan fingerprint density at radius 3 is 2.52 bits per heavy atom. The lowest BCUT2D eigenvalue weighted by Gasteiger charge is -2.43. The number of rotatable bonds is 5. The van der Waals surface area contributed by atoms with Gasteiger partial charge in [0.2, 0.25) is 0 Å². The number of amides is 2. The summed E-state index contributed by atoms with van der Waals surface area (Å²) in [7, 11) is 0. The van der Waals surface area contributed by atoms with Gasteiger partial charge in [0.05, 0.1) is 28.2 Å². The highest BCUT2D eigenvalue weighted by Crippen LogP contribution is 2.30. The Morgan fingerprint density at radius 1 is 1.36 bits per heavy atom. The van der Waals surface area contributed by atoms with Gasteiger partial charge in [0.15, 0.2) is 0 Å². The number of aromatic amines is 1. The topological polar surface area (TPSA) is 94.7 Å². The predicted octanol–water partition coefficient (Wildman–Crippen LogP) is 3.30. The number of ether oxygens (including phenoxy) is 1. The zero-order valence-corrected chi connectivity index (χ0v) is 15.9. The lowest BCUT2D eigenvalue weighted by atomic mass is 9.92. The summed E-state index contributed by atoms with van der Waals surface area (Å²) in [6.07, 6.45) is -0.341. The molecule has 0 radical (unpaired) electrons. The van der Waals surface area contributed by atoms with Crippen LogP contribution in [0.5, 0.6) is 0 Å². The molecule has 1 unspecified atom stereocenters. The minimum atomic E-state index is -0.976. The number of hydrogen-bond donors (Lipinski definition) is 3. The van der Waals surface area contributed by atoms with Crippen LogP contribution in [0.4, 0.5) is 4.79 Å². The van der Waals surface area contributed by atoms with Gasteiger partial charge in [0, 0.05) is 18.8 Å². The largest absolute Gasteiger partial charge is 0.465 e. The third kappa shape index (κ3) is 4.04. The van der Waals surface area contributed by atoms with Crippen LogP contribution in [-0.2, 0) is 4.74 Å². The third-order valence-corrected chi connectivity index (χ3v) is 5.42. The molecule has 3 atom stereocenters. The average molecular weight is 392 g/mol. The Hall–Kier alpha value is -1.44. The number of carboxylic acid groups (broad SMARTS) is 1. The first-order valence-corrected chi connectivity index (χ1v) is 9.02. The molecular weight excluding hydrogens is 369 g/mol. The van der Waals surface area contributed by atoms with Gasteiger partial charge >= 0.3 is 6.09 Å². The van der Waals surface area contributed by atoms with Crippen molar-refractivity contribution in [2.24, 2.45) is 0 Å². The summed E-state index contributed by atoms with van der Waals surface area (Å²) < 4.78 is 5.79. The van der Waals surface area contributed by atoms with Crippen LogP contribution in [0.15, 0.2) is 0 Å². The number of carbonyl (C=O) groups is 2. The van der Waals surface area contributed by atoms with E-state index in [1.807, 2.05) is 13.8 Å². The average Bonchev–Trinajstić information content (AvgIpc) is 2.83. The number of aryl methyl sites for hydroxylation is 1. The first kappa shape index (κ1) is 19.9. The lowest BCUT2D eigenvalue weighted by Crippen LogP contribution is -2.61. The fourth-order valence-electron chi connectivity index (χ4n) is 3.29. The summed E-state index contributed by atoms with van der Waals surface area (Å²) in [4.78, 5) is 28.3. The number of aromatic nitrogens is 1. The standard InChI is InChI=1S/C16H23Cl2N3O4/c1-4-10-14(25-5-2)9(6-7-21(10)16(23)24)20-15(22)13-12(18)11(17)8(3)19-13/h9-10,14,19H,4-7H2,1-3H3,(H,20,22)(H,23,24)/t9-,10?,14+/m1/s1. The first-order valence-electron chi connectivity index (χ1n) is 8.27. The van der Waals surface area contributed by atoms with Gasteiger partial charge in [-0.3, -0.25) is 4.79 Å². The van der Waals surface area contributed by atoms with Crippen molar-refractivity contribution in [2.75, 3.05) is 13.2 Å². The van der Waals surface area contributed by atoms with Crippen molar-refractivity contribution < 1.29 is 19.4 Å². The van der Waals surface area contributed by atoms with Crippen LogP contribution >= 0.6 is 23.2 Å². The van der Waals surface area contributed by atoms with E-state index < -0.39 is 12.2 Å². The van der Waals surface area contributed by atoms with Gasteiger partial charge in [-0.05, 0) is 26.7 Å². The molecule has 1 aromatic heterocycles. The molecule has 0 spiro atoms. The van der Waals surface area contributed by atoms with E-state index in [0.29, 0.717) is 36.7 Å². The normalized spacial score (nSPS) is 23.6. The van der Waals surface area contributed by atoms with Crippen molar-refractivity contribution in [3.63, 3.8) is 0 Å². The van der Waals surface area contributed by atoms with E-state index in [1.54, 1.807) is 6.92 Å². The van der Waals surface area contributed by atoms with Crippen LogP contribution in [0.2, 0.25) is 10.0 Å². The van der Waals surface area contributed by atoms with Crippen molar-refractivity contribution in [2.45, 2.75) is 51.8 Å². The minimum Gasteiger partial charge on any atom is -0.465 e. The Bertz CT molecular complexity index is 650. The van der Waals surface area contributed by atoms with Crippen molar-refractivity contribution in [1.82, 2.24) is 15.2 Å². The van der Waals surface area contributed by atoms with Crippen LogP contribution in [0, 0.1) is 6.92 Å². The molecule has 7 nitrogen and oxygen atoms in total. The van der Waals surface area contributed by atoms with Crippen molar-refractivity contribution >= 4 is 35.2 Å². The van der Waals surface area contributed by atoms with E-state index in [2.05, 4.69) is 10.3 Å². The molecule has 25 heavy (non-hydrogen) atoms. The van der Waals surface area contributed by atoms with Gasteiger partial charge < -0.3 is 25.0 Å². The number of nitrogens with one attached hydrogen (secondary N) is 2. The summed E-state index contributed by atoms with van der Waals surface area (Å²) in [6.45, 7) is 6.24. The number of hydrogen-bond acceptors (Lipinski definition) is 3. The zero-order chi connectivity index (χ0) is 18.7. The van der Waals surface area contributed by atoms with E-state index in [9.17, 15) is 14.7 Å². The molecule has 3 N–H and O–H groups in total. The molecular formula is C16H23Cl2N3O4. The molecule has 0 aromatic carbocycles. The number of likely N-dealkylation sites (tertiary alicyclic amines) is 1. The quantitative estimate of drug-likeness (QED) is 0.717. The molecule has 0 bridgehead atoms. The SMILES string of the molecule is CCO[C@@H]1C(CC)N(C(=O)O)CC[C@H]1NC(=O)c1[nH]c(C)c(Cl)c1Cl. The van der Waals surface area contributed by atoms with E-state index in [4.69, 9.17) is 27.9 Å². The highest BCUT2D eigenvalue weighted by atomic mass is 35.5. The number of halogens is 2. The molecule has 0 saturated carbocycles. The van der Waals surface area contributed by atoms with E-state index >= 15 is 0 Å². The van der Waals surface area contributed by atoms with Crippen LogP contribution < -0.4 is 5.32 Å². The molecule has 0 aliphatic carbocycles. The van der Waals surface area contributed by atoms with Crippen LogP contribution in [0.25, 0.3) is 0 Å². The smallest absolute Gasteiger partial charge is 0.407 e. The number of piperidine rings is 1. The Morgan fingerprint density at radius 2 is 2.04 bits per heavy atom. The van der Waals surface area contributed by atoms with Crippen molar-refractivity contribution in [1.29, 1.82) is 0 Å². The van der Waals surface area contributed by atoms with Crippen LogP contribution in [-0.4, -0.2) is 58.3 Å². The lowest BCUT2D eigenvalue weighted by molar-refractivity contribution is -0.0497. The van der Waals surface area contributed by atoms with Gasteiger partial charge in [-0.2, -0.15) is 0 Å². The molecule has 1 aliphatic rings. The maximum Gasteiger partial charge on any atom is 0.407 e. The maximum atomic E-state index is 12.6.